The van der Waals surface area contributed by atoms with Crippen LogP contribution in [-0.2, 0) is 0 Å². The van der Waals surface area contributed by atoms with E-state index in [-0.39, 0.29) is 5.25 Å². The van der Waals surface area contributed by atoms with E-state index in [1.165, 1.54) is 22.0 Å². The van der Waals surface area contributed by atoms with Crippen molar-refractivity contribution in [1.82, 2.24) is 14.9 Å². The molecule has 0 saturated heterocycles. The first-order valence-corrected chi connectivity index (χ1v) is 8.50. The van der Waals surface area contributed by atoms with Crippen LogP contribution in [0.5, 0.6) is 0 Å². The van der Waals surface area contributed by atoms with Crippen LogP contribution in [0.1, 0.15) is 23.3 Å². The molecule has 0 aliphatic rings. The number of nitrogens with zero attached hydrogens (tertiary/aromatic N) is 3. The van der Waals surface area contributed by atoms with E-state index in [4.69, 9.17) is 17.4 Å². The zero-order valence-electron chi connectivity index (χ0n) is 12.9. The molecule has 23 heavy (non-hydrogen) atoms. The first-order chi connectivity index (χ1) is 11.1. The predicted molar refractivity (Wildman–Crippen MR) is 96.1 cm³/mol. The Balaban J connectivity index is 1.85. The minimum absolute atomic E-state index is 0.126. The van der Waals surface area contributed by atoms with Crippen molar-refractivity contribution < 1.29 is 0 Å². The van der Waals surface area contributed by atoms with Crippen LogP contribution >= 0.6 is 23.4 Å². The number of hydrogen-bond donors (Lipinski definition) is 1. The normalized spacial score (nSPS) is 12.3. The second kappa shape index (κ2) is 6.64. The zero-order valence-corrected chi connectivity index (χ0v) is 14.5. The molecule has 2 N–H and O–H groups in total. The van der Waals surface area contributed by atoms with Crippen molar-refractivity contribution in [2.24, 2.45) is 0 Å². The molecule has 1 aromatic heterocycles. The highest BCUT2D eigenvalue weighted by molar-refractivity contribution is 7.99. The predicted octanol–water partition coefficient (Wildman–Crippen LogP) is 4.47. The SMILES string of the molecule is Cc1ccc(-c2nnc(S[C@H](C)c3ccccc3Cl)n2N)cc1. The van der Waals surface area contributed by atoms with Gasteiger partial charge in [-0.3, -0.25) is 0 Å². The number of rotatable bonds is 4. The summed E-state index contributed by atoms with van der Waals surface area (Å²) in [5.74, 6) is 6.83. The van der Waals surface area contributed by atoms with Gasteiger partial charge in [-0.2, -0.15) is 0 Å². The van der Waals surface area contributed by atoms with Crippen molar-refractivity contribution in [3.05, 3.63) is 64.7 Å². The van der Waals surface area contributed by atoms with E-state index in [0.29, 0.717) is 11.0 Å². The number of thioether (sulfide) groups is 1. The van der Waals surface area contributed by atoms with Gasteiger partial charge >= 0.3 is 0 Å². The minimum atomic E-state index is 0.126. The van der Waals surface area contributed by atoms with Crippen LogP contribution in [0.15, 0.2) is 53.7 Å². The van der Waals surface area contributed by atoms with Crippen molar-refractivity contribution in [2.75, 3.05) is 5.84 Å². The van der Waals surface area contributed by atoms with Crippen LogP contribution in [0.3, 0.4) is 0 Å². The molecule has 3 aromatic rings. The Kier molecular flexibility index (Phi) is 4.59. The highest BCUT2D eigenvalue weighted by Gasteiger charge is 2.17. The smallest absolute Gasteiger partial charge is 0.210 e. The molecule has 0 bridgehead atoms. The summed E-state index contributed by atoms with van der Waals surface area (Å²) in [6, 6.07) is 15.8. The summed E-state index contributed by atoms with van der Waals surface area (Å²) in [5, 5.41) is 9.97. The highest BCUT2D eigenvalue weighted by Crippen LogP contribution is 2.37. The molecule has 1 atom stereocenters. The van der Waals surface area contributed by atoms with E-state index in [9.17, 15) is 0 Å². The molecular weight excluding hydrogens is 328 g/mol. The van der Waals surface area contributed by atoms with Gasteiger partial charge in [0.25, 0.3) is 0 Å². The average Bonchev–Trinajstić information content (AvgIpc) is 2.89. The number of benzene rings is 2. The summed E-state index contributed by atoms with van der Waals surface area (Å²) < 4.78 is 1.53. The van der Waals surface area contributed by atoms with Gasteiger partial charge in [0.2, 0.25) is 5.16 Å². The largest absolute Gasteiger partial charge is 0.335 e. The second-order valence-corrected chi connectivity index (χ2v) is 7.04. The van der Waals surface area contributed by atoms with Gasteiger partial charge in [0.05, 0.1) is 0 Å². The molecule has 0 aliphatic heterocycles. The van der Waals surface area contributed by atoms with Crippen LogP contribution in [0.25, 0.3) is 11.4 Å². The molecule has 0 saturated carbocycles. The first kappa shape index (κ1) is 15.9. The third-order valence-electron chi connectivity index (χ3n) is 3.60. The van der Waals surface area contributed by atoms with Gasteiger partial charge in [0.15, 0.2) is 5.82 Å². The van der Waals surface area contributed by atoms with E-state index in [1.807, 2.05) is 55.5 Å². The summed E-state index contributed by atoms with van der Waals surface area (Å²) in [5.41, 5.74) is 3.20. The summed E-state index contributed by atoms with van der Waals surface area (Å²) in [4.78, 5) is 0. The van der Waals surface area contributed by atoms with Crippen LogP contribution in [0.2, 0.25) is 5.02 Å². The maximum atomic E-state index is 6.25. The second-order valence-electron chi connectivity index (χ2n) is 5.32. The Morgan fingerprint density at radius 2 is 1.78 bits per heavy atom. The lowest BCUT2D eigenvalue weighted by atomic mass is 10.1. The Morgan fingerprint density at radius 3 is 2.48 bits per heavy atom. The standard InChI is InChI=1S/C17H17ClN4S/c1-11-7-9-13(10-8-11)16-20-21-17(22(16)19)23-12(2)14-5-3-4-6-15(14)18/h3-10,12H,19H2,1-2H3/t12-/m1/s1. The molecule has 0 fully saturated rings. The molecule has 4 nitrogen and oxygen atoms in total. The molecule has 0 unspecified atom stereocenters. The molecule has 0 spiro atoms. The number of nitrogen functional groups attached to an aromatic ring is 1. The Morgan fingerprint density at radius 1 is 1.09 bits per heavy atom. The number of hydrogen-bond acceptors (Lipinski definition) is 4. The molecule has 0 aliphatic carbocycles. The molecule has 6 heteroatoms. The van der Waals surface area contributed by atoms with E-state index >= 15 is 0 Å². The van der Waals surface area contributed by atoms with Crippen molar-refractivity contribution in [3.63, 3.8) is 0 Å². The molecule has 2 aromatic carbocycles. The Labute approximate surface area is 144 Å². The fraction of sp³-hybridized carbons (Fsp3) is 0.176. The quantitative estimate of drug-likeness (QED) is 0.560. The Hall–Kier alpha value is -1.98. The van der Waals surface area contributed by atoms with Crippen LogP contribution in [-0.4, -0.2) is 14.9 Å². The number of aryl methyl sites for hydroxylation is 1. The van der Waals surface area contributed by atoms with Crippen LogP contribution in [0, 0.1) is 6.92 Å². The summed E-state index contributed by atoms with van der Waals surface area (Å²) in [6.07, 6.45) is 0. The monoisotopic (exact) mass is 344 g/mol. The van der Waals surface area contributed by atoms with Crippen molar-refractivity contribution in [1.29, 1.82) is 0 Å². The number of nitrogens with two attached hydrogens (primary N) is 1. The molecule has 0 amide bonds. The van der Waals surface area contributed by atoms with Gasteiger partial charge in [-0.1, -0.05) is 71.4 Å². The molecule has 118 valence electrons. The van der Waals surface area contributed by atoms with Crippen LogP contribution < -0.4 is 5.84 Å². The summed E-state index contributed by atoms with van der Waals surface area (Å²) >= 11 is 7.79. The third kappa shape index (κ3) is 3.35. The van der Waals surface area contributed by atoms with Crippen LogP contribution in [0.4, 0.5) is 0 Å². The molecule has 3 rings (SSSR count). The lowest BCUT2D eigenvalue weighted by molar-refractivity contribution is 0.844. The van der Waals surface area contributed by atoms with Gasteiger partial charge in [-0.05, 0) is 25.5 Å². The maximum Gasteiger partial charge on any atom is 0.210 e. The number of aromatic nitrogens is 3. The topological polar surface area (TPSA) is 56.7 Å². The van der Waals surface area contributed by atoms with Crippen molar-refractivity contribution >= 4 is 23.4 Å². The number of halogens is 1. The lowest BCUT2D eigenvalue weighted by Gasteiger charge is -2.12. The van der Waals surface area contributed by atoms with Gasteiger partial charge in [-0.15, -0.1) is 10.2 Å². The highest BCUT2D eigenvalue weighted by atomic mass is 35.5. The summed E-state index contributed by atoms with van der Waals surface area (Å²) in [7, 11) is 0. The average molecular weight is 345 g/mol. The van der Waals surface area contributed by atoms with Crippen molar-refractivity contribution in [2.45, 2.75) is 24.3 Å². The third-order valence-corrected chi connectivity index (χ3v) is 5.04. The first-order valence-electron chi connectivity index (χ1n) is 7.25. The fourth-order valence-corrected chi connectivity index (χ4v) is 3.58. The van der Waals surface area contributed by atoms with Gasteiger partial charge in [0.1, 0.15) is 0 Å². The van der Waals surface area contributed by atoms with E-state index in [1.54, 1.807) is 0 Å². The zero-order chi connectivity index (χ0) is 16.4. The van der Waals surface area contributed by atoms with Crippen molar-refractivity contribution in [3.8, 4) is 11.4 Å². The van der Waals surface area contributed by atoms with E-state index in [0.717, 1.165) is 16.1 Å². The summed E-state index contributed by atoms with van der Waals surface area (Å²) in [6.45, 7) is 4.12. The van der Waals surface area contributed by atoms with E-state index in [2.05, 4.69) is 17.1 Å². The van der Waals surface area contributed by atoms with Gasteiger partial charge in [0, 0.05) is 15.8 Å². The molecule has 0 radical (unpaired) electrons. The minimum Gasteiger partial charge on any atom is -0.335 e. The fourth-order valence-electron chi connectivity index (χ4n) is 2.28. The lowest BCUT2D eigenvalue weighted by Crippen LogP contribution is -2.12. The molecule has 1 heterocycles. The van der Waals surface area contributed by atoms with Gasteiger partial charge in [-0.25, -0.2) is 4.68 Å². The Bertz CT molecular complexity index is 814. The molecular formula is C17H17ClN4S. The van der Waals surface area contributed by atoms with Gasteiger partial charge < -0.3 is 5.84 Å². The maximum absolute atomic E-state index is 6.25. The van der Waals surface area contributed by atoms with E-state index < -0.39 is 0 Å².